The lowest BCUT2D eigenvalue weighted by atomic mass is 10.1. The normalized spacial score (nSPS) is 15.1. The molecule has 0 saturated carbocycles. The lowest BCUT2D eigenvalue weighted by Crippen LogP contribution is -2.57. The van der Waals surface area contributed by atoms with E-state index < -0.39 is 5.60 Å². The summed E-state index contributed by atoms with van der Waals surface area (Å²) in [5.41, 5.74) is -0.0862. The fourth-order valence-electron chi connectivity index (χ4n) is 1.84. The zero-order chi connectivity index (χ0) is 15.6. The average molecular weight is 309 g/mol. The number of nitriles is 1. The van der Waals surface area contributed by atoms with Gasteiger partial charge in [0.05, 0.1) is 23.7 Å². The summed E-state index contributed by atoms with van der Waals surface area (Å²) in [4.78, 5) is 13.4. The molecule has 0 radical (unpaired) electrons. The van der Waals surface area contributed by atoms with Crippen LogP contribution in [0, 0.1) is 11.3 Å². The van der Waals surface area contributed by atoms with Crippen LogP contribution in [0.5, 0.6) is 5.75 Å². The second-order valence-corrected chi connectivity index (χ2v) is 6.29. The Balaban J connectivity index is 1.85. The molecular formula is C15H17ClN2O3. The Kier molecular flexibility index (Phi) is 4.29. The number of carbonyl (C=O) groups is 1. The van der Waals surface area contributed by atoms with Crippen molar-refractivity contribution in [3.05, 3.63) is 28.8 Å². The second-order valence-electron chi connectivity index (χ2n) is 5.88. The van der Waals surface area contributed by atoms with Crippen molar-refractivity contribution >= 4 is 17.7 Å². The van der Waals surface area contributed by atoms with Crippen molar-refractivity contribution in [2.24, 2.45) is 0 Å². The van der Waals surface area contributed by atoms with Crippen LogP contribution in [-0.2, 0) is 4.74 Å². The molecule has 0 aliphatic carbocycles. The lowest BCUT2D eigenvalue weighted by molar-refractivity contribution is -0.0221. The number of likely N-dealkylation sites (tertiary alicyclic amines) is 1. The molecule has 0 unspecified atom stereocenters. The number of carbonyl (C=O) groups excluding carboxylic acids is 1. The molecule has 6 heteroatoms. The minimum atomic E-state index is -0.496. The van der Waals surface area contributed by atoms with Crippen LogP contribution < -0.4 is 4.74 Å². The highest BCUT2D eigenvalue weighted by molar-refractivity contribution is 6.31. The van der Waals surface area contributed by atoms with Crippen molar-refractivity contribution in [1.82, 2.24) is 4.90 Å². The second kappa shape index (κ2) is 5.82. The number of hydrogen-bond donors (Lipinski definition) is 0. The van der Waals surface area contributed by atoms with Gasteiger partial charge in [0.15, 0.2) is 0 Å². The van der Waals surface area contributed by atoms with Crippen molar-refractivity contribution in [2.45, 2.75) is 32.5 Å². The third-order valence-corrected chi connectivity index (χ3v) is 3.18. The molecule has 1 amide bonds. The SMILES string of the molecule is CC(C)(C)OC(=O)N1CC(Oc2ccc(C#N)c(Cl)c2)C1. The van der Waals surface area contributed by atoms with Gasteiger partial charge in [0.2, 0.25) is 0 Å². The number of amides is 1. The van der Waals surface area contributed by atoms with Crippen molar-refractivity contribution in [2.75, 3.05) is 13.1 Å². The van der Waals surface area contributed by atoms with Crippen LogP contribution in [-0.4, -0.2) is 35.8 Å². The van der Waals surface area contributed by atoms with E-state index in [-0.39, 0.29) is 12.2 Å². The molecule has 0 spiro atoms. The third kappa shape index (κ3) is 4.02. The molecule has 0 N–H and O–H groups in total. The molecule has 1 fully saturated rings. The van der Waals surface area contributed by atoms with Gasteiger partial charge in [-0.25, -0.2) is 4.79 Å². The van der Waals surface area contributed by atoms with Gasteiger partial charge in [-0.15, -0.1) is 0 Å². The molecule has 1 heterocycles. The van der Waals surface area contributed by atoms with E-state index in [1.165, 1.54) is 0 Å². The van der Waals surface area contributed by atoms with Crippen LogP contribution in [0.1, 0.15) is 26.3 Å². The zero-order valence-electron chi connectivity index (χ0n) is 12.2. The molecule has 0 aromatic heterocycles. The average Bonchev–Trinajstić information content (AvgIpc) is 2.31. The quantitative estimate of drug-likeness (QED) is 0.841. The van der Waals surface area contributed by atoms with Crippen molar-refractivity contribution in [1.29, 1.82) is 5.26 Å². The Labute approximate surface area is 129 Å². The first-order valence-corrected chi connectivity index (χ1v) is 7.00. The number of nitrogens with zero attached hydrogens (tertiary/aromatic N) is 2. The summed E-state index contributed by atoms with van der Waals surface area (Å²) in [5, 5.41) is 9.16. The number of benzene rings is 1. The van der Waals surface area contributed by atoms with Gasteiger partial charge in [-0.1, -0.05) is 11.6 Å². The van der Waals surface area contributed by atoms with E-state index in [9.17, 15) is 4.79 Å². The fraction of sp³-hybridized carbons (Fsp3) is 0.467. The van der Waals surface area contributed by atoms with Gasteiger partial charge in [0.25, 0.3) is 0 Å². The van der Waals surface area contributed by atoms with Crippen LogP contribution in [0.4, 0.5) is 4.79 Å². The summed E-state index contributed by atoms with van der Waals surface area (Å²) in [6.45, 7) is 6.45. The van der Waals surface area contributed by atoms with Gasteiger partial charge in [-0.3, -0.25) is 0 Å². The van der Waals surface area contributed by atoms with E-state index in [1.807, 2.05) is 26.8 Å². The maximum atomic E-state index is 11.8. The summed E-state index contributed by atoms with van der Waals surface area (Å²) < 4.78 is 11.0. The third-order valence-electron chi connectivity index (χ3n) is 2.86. The number of hydrogen-bond acceptors (Lipinski definition) is 4. The van der Waals surface area contributed by atoms with E-state index in [1.54, 1.807) is 23.1 Å². The molecule has 1 aliphatic heterocycles. The van der Waals surface area contributed by atoms with Gasteiger partial charge in [-0.2, -0.15) is 5.26 Å². The summed E-state index contributed by atoms with van der Waals surface area (Å²) >= 11 is 5.94. The summed E-state index contributed by atoms with van der Waals surface area (Å²) in [7, 11) is 0. The molecule has 2 rings (SSSR count). The fourth-order valence-corrected chi connectivity index (χ4v) is 2.05. The maximum Gasteiger partial charge on any atom is 0.410 e. The predicted octanol–water partition coefficient (Wildman–Crippen LogP) is 3.21. The molecule has 5 nitrogen and oxygen atoms in total. The molecular weight excluding hydrogens is 292 g/mol. The molecule has 0 atom stereocenters. The number of halogens is 1. The highest BCUT2D eigenvalue weighted by atomic mass is 35.5. The largest absolute Gasteiger partial charge is 0.487 e. The maximum absolute atomic E-state index is 11.8. The first-order chi connectivity index (χ1) is 9.78. The van der Waals surface area contributed by atoms with Crippen molar-refractivity contribution < 1.29 is 14.3 Å². The van der Waals surface area contributed by atoms with E-state index in [0.717, 1.165) is 0 Å². The lowest BCUT2D eigenvalue weighted by Gasteiger charge is -2.39. The predicted molar refractivity (Wildman–Crippen MR) is 78.4 cm³/mol. The van der Waals surface area contributed by atoms with Crippen LogP contribution >= 0.6 is 11.6 Å². The van der Waals surface area contributed by atoms with E-state index in [2.05, 4.69) is 0 Å². The summed E-state index contributed by atoms with van der Waals surface area (Å²) in [6, 6.07) is 6.91. The molecule has 21 heavy (non-hydrogen) atoms. The summed E-state index contributed by atoms with van der Waals surface area (Å²) in [5.74, 6) is 0.591. The molecule has 1 saturated heterocycles. The van der Waals surface area contributed by atoms with E-state index >= 15 is 0 Å². The van der Waals surface area contributed by atoms with Crippen LogP contribution in [0.3, 0.4) is 0 Å². The van der Waals surface area contributed by atoms with Gasteiger partial charge < -0.3 is 14.4 Å². The van der Waals surface area contributed by atoms with Crippen molar-refractivity contribution in [3.8, 4) is 11.8 Å². The topological polar surface area (TPSA) is 62.6 Å². The first-order valence-electron chi connectivity index (χ1n) is 6.63. The number of ether oxygens (including phenoxy) is 2. The molecule has 112 valence electrons. The van der Waals surface area contributed by atoms with Gasteiger partial charge in [0, 0.05) is 6.07 Å². The number of rotatable bonds is 2. The first kappa shape index (κ1) is 15.5. The minimum Gasteiger partial charge on any atom is -0.487 e. The van der Waals surface area contributed by atoms with E-state index in [4.69, 9.17) is 26.3 Å². The van der Waals surface area contributed by atoms with Gasteiger partial charge in [0.1, 0.15) is 23.5 Å². The van der Waals surface area contributed by atoms with Crippen LogP contribution in [0.25, 0.3) is 0 Å². The zero-order valence-corrected chi connectivity index (χ0v) is 13.0. The standard InChI is InChI=1S/C15H17ClN2O3/c1-15(2,3)21-14(19)18-8-12(9-18)20-11-5-4-10(7-17)13(16)6-11/h4-6,12H,8-9H2,1-3H3. The Bertz CT molecular complexity index is 584. The van der Waals surface area contributed by atoms with Crippen LogP contribution in [0.2, 0.25) is 5.02 Å². The Morgan fingerprint density at radius 2 is 2.10 bits per heavy atom. The van der Waals surface area contributed by atoms with E-state index in [0.29, 0.717) is 29.4 Å². The van der Waals surface area contributed by atoms with Gasteiger partial charge in [-0.05, 0) is 32.9 Å². The van der Waals surface area contributed by atoms with Crippen LogP contribution in [0.15, 0.2) is 18.2 Å². The Hall–Kier alpha value is -1.93. The molecule has 1 aromatic carbocycles. The highest BCUT2D eigenvalue weighted by Crippen LogP contribution is 2.25. The Morgan fingerprint density at radius 1 is 1.43 bits per heavy atom. The Morgan fingerprint density at radius 3 is 2.62 bits per heavy atom. The molecule has 1 aliphatic rings. The highest BCUT2D eigenvalue weighted by Gasteiger charge is 2.35. The van der Waals surface area contributed by atoms with Gasteiger partial charge >= 0.3 is 6.09 Å². The molecule has 0 bridgehead atoms. The smallest absolute Gasteiger partial charge is 0.410 e. The summed E-state index contributed by atoms with van der Waals surface area (Å²) in [6.07, 6.45) is -0.415. The van der Waals surface area contributed by atoms with Crippen molar-refractivity contribution in [3.63, 3.8) is 0 Å². The minimum absolute atomic E-state index is 0.0819. The monoisotopic (exact) mass is 308 g/mol. The molecule has 1 aromatic rings.